The van der Waals surface area contributed by atoms with Crippen molar-refractivity contribution < 1.29 is 9.59 Å². The standard InChI is InChI=1S/C31H47N3O2/c1-21(2)14-28(30(36)32-10-13-34-11-8-22(3)9-12-34)33-29(35)26-4-6-27(7-5-26)31-18-23-15-24(19-31)17-25(16-23)20-31/h4-7,21-25,28H,8-20H2,1-3H3,(H,32,36)(H,33,35)/t23?,24?,25?,28-,31?/m0/s1. The molecule has 5 nitrogen and oxygen atoms in total. The molecule has 0 spiro atoms. The van der Waals surface area contributed by atoms with Crippen LogP contribution in [0.25, 0.3) is 0 Å². The van der Waals surface area contributed by atoms with Gasteiger partial charge in [0.05, 0.1) is 0 Å². The number of benzene rings is 1. The molecule has 1 saturated heterocycles. The zero-order valence-electron chi connectivity index (χ0n) is 22.7. The lowest BCUT2D eigenvalue weighted by molar-refractivity contribution is -0.123. The smallest absolute Gasteiger partial charge is 0.251 e. The largest absolute Gasteiger partial charge is 0.353 e. The average Bonchev–Trinajstić information content (AvgIpc) is 2.84. The molecule has 1 aromatic rings. The Morgan fingerprint density at radius 1 is 0.972 bits per heavy atom. The molecule has 4 aliphatic carbocycles. The van der Waals surface area contributed by atoms with Crippen LogP contribution in [0.15, 0.2) is 24.3 Å². The Morgan fingerprint density at radius 2 is 1.56 bits per heavy atom. The number of hydrogen-bond acceptors (Lipinski definition) is 3. The summed E-state index contributed by atoms with van der Waals surface area (Å²) < 4.78 is 0. The van der Waals surface area contributed by atoms with E-state index in [1.165, 1.54) is 56.9 Å². The molecular weight excluding hydrogens is 446 g/mol. The molecule has 2 N–H and O–H groups in total. The molecular formula is C31H47N3O2. The fourth-order valence-corrected chi connectivity index (χ4v) is 8.13. The van der Waals surface area contributed by atoms with Crippen LogP contribution in [0.3, 0.4) is 0 Å². The van der Waals surface area contributed by atoms with E-state index in [0.29, 0.717) is 29.9 Å². The van der Waals surface area contributed by atoms with Crippen LogP contribution in [0, 0.1) is 29.6 Å². The molecule has 1 aromatic carbocycles. The minimum atomic E-state index is -0.498. The Balaban J connectivity index is 1.17. The first-order valence-corrected chi connectivity index (χ1v) is 14.7. The molecule has 6 rings (SSSR count). The third-order valence-electron chi connectivity index (χ3n) is 9.73. The number of piperidine rings is 1. The molecule has 1 heterocycles. The SMILES string of the molecule is CC(C)C[C@H](NC(=O)c1ccc(C23CC4CC(CC(C4)C2)C3)cc1)C(=O)NCCN1CCC(C)CC1. The fourth-order valence-electron chi connectivity index (χ4n) is 8.13. The first kappa shape index (κ1) is 25.8. The van der Waals surface area contributed by atoms with E-state index in [2.05, 4.69) is 48.4 Å². The van der Waals surface area contributed by atoms with Gasteiger partial charge >= 0.3 is 0 Å². The van der Waals surface area contributed by atoms with Gasteiger partial charge in [0.2, 0.25) is 5.91 Å². The molecule has 0 aromatic heterocycles. The van der Waals surface area contributed by atoms with E-state index in [4.69, 9.17) is 0 Å². The summed E-state index contributed by atoms with van der Waals surface area (Å²) in [4.78, 5) is 28.6. The summed E-state index contributed by atoms with van der Waals surface area (Å²) in [5.41, 5.74) is 2.44. The lowest BCUT2D eigenvalue weighted by Crippen LogP contribution is -2.49. The molecule has 198 valence electrons. The number of amides is 2. The molecule has 0 radical (unpaired) electrons. The lowest BCUT2D eigenvalue weighted by atomic mass is 9.48. The zero-order valence-corrected chi connectivity index (χ0v) is 22.7. The maximum atomic E-state index is 13.2. The second-order valence-corrected chi connectivity index (χ2v) is 13.2. The summed E-state index contributed by atoms with van der Waals surface area (Å²) in [6.07, 6.45) is 11.4. The number of rotatable bonds is 9. The number of nitrogens with zero attached hydrogens (tertiary/aromatic N) is 1. The van der Waals surface area contributed by atoms with E-state index in [9.17, 15) is 9.59 Å². The summed E-state index contributed by atoms with van der Waals surface area (Å²) in [5.74, 6) is 3.66. The van der Waals surface area contributed by atoms with Crippen molar-refractivity contribution in [3.63, 3.8) is 0 Å². The predicted molar refractivity (Wildman–Crippen MR) is 145 cm³/mol. The molecule has 5 fully saturated rings. The Morgan fingerprint density at radius 3 is 2.11 bits per heavy atom. The molecule has 4 saturated carbocycles. The van der Waals surface area contributed by atoms with Crippen molar-refractivity contribution in [3.8, 4) is 0 Å². The zero-order chi connectivity index (χ0) is 25.3. The van der Waals surface area contributed by atoms with Gasteiger partial charge in [0.1, 0.15) is 6.04 Å². The normalized spacial score (nSPS) is 30.9. The van der Waals surface area contributed by atoms with Gasteiger partial charge in [-0.1, -0.05) is 32.9 Å². The first-order chi connectivity index (χ1) is 17.3. The Labute approximate surface area is 218 Å². The van der Waals surface area contributed by atoms with Gasteiger partial charge in [0, 0.05) is 18.7 Å². The molecule has 0 unspecified atom stereocenters. The number of carbonyl (C=O) groups excluding carboxylic acids is 2. The highest BCUT2D eigenvalue weighted by Crippen LogP contribution is 2.60. The highest BCUT2D eigenvalue weighted by atomic mass is 16.2. The number of carbonyl (C=O) groups is 2. The molecule has 4 bridgehead atoms. The number of likely N-dealkylation sites (tertiary alicyclic amines) is 1. The Hall–Kier alpha value is -1.88. The summed E-state index contributed by atoms with van der Waals surface area (Å²) in [6, 6.07) is 7.90. The minimum absolute atomic E-state index is 0.0624. The lowest BCUT2D eigenvalue weighted by Gasteiger charge is -2.57. The van der Waals surface area contributed by atoms with Gasteiger partial charge in [0.25, 0.3) is 5.91 Å². The molecule has 2 amide bonds. The van der Waals surface area contributed by atoms with E-state index in [1.807, 2.05) is 12.1 Å². The summed E-state index contributed by atoms with van der Waals surface area (Å²) >= 11 is 0. The highest BCUT2D eigenvalue weighted by molar-refractivity contribution is 5.97. The van der Waals surface area contributed by atoms with Gasteiger partial charge in [-0.25, -0.2) is 0 Å². The molecule has 5 aliphatic rings. The van der Waals surface area contributed by atoms with Crippen LogP contribution >= 0.6 is 0 Å². The second kappa shape index (κ2) is 10.8. The second-order valence-electron chi connectivity index (χ2n) is 13.2. The third kappa shape index (κ3) is 5.82. The average molecular weight is 494 g/mol. The summed E-state index contributed by atoms with van der Waals surface area (Å²) in [7, 11) is 0. The quantitative estimate of drug-likeness (QED) is 0.500. The van der Waals surface area contributed by atoms with Gasteiger partial charge < -0.3 is 15.5 Å². The van der Waals surface area contributed by atoms with Gasteiger partial charge in [-0.3, -0.25) is 9.59 Å². The van der Waals surface area contributed by atoms with Crippen molar-refractivity contribution in [2.75, 3.05) is 26.2 Å². The summed E-state index contributed by atoms with van der Waals surface area (Å²) in [5, 5.41) is 6.14. The molecule has 36 heavy (non-hydrogen) atoms. The van der Waals surface area contributed by atoms with Gasteiger partial charge in [-0.05, 0) is 124 Å². The van der Waals surface area contributed by atoms with E-state index >= 15 is 0 Å². The van der Waals surface area contributed by atoms with Gasteiger partial charge in [0.15, 0.2) is 0 Å². The Bertz CT molecular complexity index is 881. The van der Waals surface area contributed by atoms with E-state index < -0.39 is 6.04 Å². The van der Waals surface area contributed by atoms with Crippen molar-refractivity contribution in [2.24, 2.45) is 29.6 Å². The fraction of sp³-hybridized carbons (Fsp3) is 0.742. The monoisotopic (exact) mass is 493 g/mol. The van der Waals surface area contributed by atoms with E-state index in [0.717, 1.165) is 43.3 Å². The topological polar surface area (TPSA) is 61.4 Å². The van der Waals surface area contributed by atoms with Crippen molar-refractivity contribution in [3.05, 3.63) is 35.4 Å². The van der Waals surface area contributed by atoms with Crippen molar-refractivity contribution in [1.29, 1.82) is 0 Å². The van der Waals surface area contributed by atoms with Crippen LogP contribution in [0.4, 0.5) is 0 Å². The van der Waals surface area contributed by atoms with E-state index in [-0.39, 0.29) is 11.8 Å². The van der Waals surface area contributed by atoms with Crippen LogP contribution in [0.1, 0.15) is 94.5 Å². The van der Waals surface area contributed by atoms with Gasteiger partial charge in [-0.2, -0.15) is 0 Å². The third-order valence-corrected chi connectivity index (χ3v) is 9.73. The molecule has 1 atom stereocenters. The number of nitrogens with one attached hydrogen (secondary N) is 2. The van der Waals surface area contributed by atoms with Crippen molar-refractivity contribution >= 4 is 11.8 Å². The van der Waals surface area contributed by atoms with Crippen LogP contribution < -0.4 is 10.6 Å². The first-order valence-electron chi connectivity index (χ1n) is 14.7. The van der Waals surface area contributed by atoms with Crippen LogP contribution in [0.2, 0.25) is 0 Å². The minimum Gasteiger partial charge on any atom is -0.353 e. The van der Waals surface area contributed by atoms with Crippen LogP contribution in [-0.4, -0.2) is 48.9 Å². The maximum absolute atomic E-state index is 13.2. The predicted octanol–water partition coefficient (Wildman–Crippen LogP) is 5.15. The van der Waals surface area contributed by atoms with Crippen molar-refractivity contribution in [2.45, 2.75) is 90.0 Å². The molecule has 1 aliphatic heterocycles. The number of hydrogen-bond donors (Lipinski definition) is 2. The highest BCUT2D eigenvalue weighted by Gasteiger charge is 2.51. The van der Waals surface area contributed by atoms with Crippen LogP contribution in [-0.2, 0) is 10.2 Å². The Kier molecular flexibility index (Phi) is 7.76. The van der Waals surface area contributed by atoms with Crippen LogP contribution in [0.5, 0.6) is 0 Å². The molecule has 5 heteroatoms. The maximum Gasteiger partial charge on any atom is 0.251 e. The van der Waals surface area contributed by atoms with Gasteiger partial charge in [-0.15, -0.1) is 0 Å². The summed E-state index contributed by atoms with van der Waals surface area (Å²) in [6.45, 7) is 10.3. The van der Waals surface area contributed by atoms with Crippen molar-refractivity contribution in [1.82, 2.24) is 15.5 Å². The van der Waals surface area contributed by atoms with E-state index in [1.54, 1.807) is 0 Å².